The first-order chi connectivity index (χ1) is 9.05. The molecule has 1 saturated carbocycles. The zero-order valence-electron chi connectivity index (χ0n) is 12.0. The molecular formula is C14H28N2O2S. The van der Waals surface area contributed by atoms with Gasteiger partial charge in [-0.3, -0.25) is 0 Å². The molecule has 1 heterocycles. The van der Waals surface area contributed by atoms with E-state index in [4.69, 9.17) is 0 Å². The SMILES string of the molecule is CC1CCC(CNS(=O)(=O)CC2CCCCC2)CN1. The number of rotatable bonds is 5. The van der Waals surface area contributed by atoms with Crippen molar-refractivity contribution in [3.63, 3.8) is 0 Å². The second-order valence-electron chi connectivity index (χ2n) is 6.39. The van der Waals surface area contributed by atoms with Crippen LogP contribution in [0.2, 0.25) is 0 Å². The zero-order valence-corrected chi connectivity index (χ0v) is 12.8. The Hall–Kier alpha value is -0.130. The highest BCUT2D eigenvalue weighted by atomic mass is 32.2. The maximum atomic E-state index is 12.1. The van der Waals surface area contributed by atoms with Gasteiger partial charge in [-0.25, -0.2) is 13.1 Å². The third-order valence-corrected chi connectivity index (χ3v) is 6.05. The summed E-state index contributed by atoms with van der Waals surface area (Å²) in [5.74, 6) is 1.18. The van der Waals surface area contributed by atoms with Crippen LogP contribution in [0.3, 0.4) is 0 Å². The van der Waals surface area contributed by atoms with Crippen LogP contribution in [-0.2, 0) is 10.0 Å². The fourth-order valence-electron chi connectivity index (χ4n) is 3.20. The van der Waals surface area contributed by atoms with Gasteiger partial charge < -0.3 is 5.32 Å². The van der Waals surface area contributed by atoms with Gasteiger partial charge in [0.2, 0.25) is 10.0 Å². The lowest BCUT2D eigenvalue weighted by atomic mass is 9.91. The fourth-order valence-corrected chi connectivity index (χ4v) is 4.76. The maximum absolute atomic E-state index is 12.1. The van der Waals surface area contributed by atoms with Gasteiger partial charge in [0.1, 0.15) is 0 Å². The maximum Gasteiger partial charge on any atom is 0.211 e. The molecule has 0 aromatic rings. The standard InChI is InChI=1S/C14H28N2O2S/c1-12-7-8-14(9-15-12)10-16-19(17,18)11-13-5-3-2-4-6-13/h12-16H,2-11H2,1H3. The highest BCUT2D eigenvalue weighted by Gasteiger charge is 2.23. The summed E-state index contributed by atoms with van der Waals surface area (Å²) in [6.07, 6.45) is 8.12. The molecule has 0 aromatic heterocycles. The van der Waals surface area contributed by atoms with E-state index in [1.165, 1.54) is 19.3 Å². The summed E-state index contributed by atoms with van der Waals surface area (Å²) in [6, 6.07) is 0.579. The van der Waals surface area contributed by atoms with E-state index in [0.717, 1.165) is 32.2 Å². The van der Waals surface area contributed by atoms with E-state index in [0.29, 0.717) is 30.2 Å². The summed E-state index contributed by atoms with van der Waals surface area (Å²) in [5.41, 5.74) is 0. The monoisotopic (exact) mass is 288 g/mol. The molecule has 2 atom stereocenters. The molecule has 2 fully saturated rings. The Balaban J connectivity index is 1.71. The summed E-state index contributed by atoms with van der Waals surface area (Å²) in [5, 5.41) is 3.41. The van der Waals surface area contributed by atoms with Crippen LogP contribution in [-0.4, -0.2) is 33.3 Å². The minimum atomic E-state index is -3.07. The minimum absolute atomic E-state index is 0.337. The molecule has 0 aromatic carbocycles. The molecule has 1 aliphatic heterocycles. The molecule has 4 nitrogen and oxygen atoms in total. The summed E-state index contributed by atoms with van der Waals surface area (Å²) < 4.78 is 27.0. The Morgan fingerprint density at radius 2 is 1.79 bits per heavy atom. The van der Waals surface area contributed by atoms with Gasteiger partial charge in [0.15, 0.2) is 0 Å². The van der Waals surface area contributed by atoms with Crippen LogP contribution in [0.15, 0.2) is 0 Å². The molecule has 0 amide bonds. The highest BCUT2D eigenvalue weighted by molar-refractivity contribution is 7.89. The second-order valence-corrected chi connectivity index (χ2v) is 8.24. The zero-order chi connectivity index (χ0) is 13.7. The lowest BCUT2D eigenvalue weighted by Gasteiger charge is -2.28. The number of hydrogen-bond donors (Lipinski definition) is 2. The number of nitrogens with one attached hydrogen (secondary N) is 2. The molecule has 1 aliphatic carbocycles. The Kier molecular flexibility index (Phi) is 5.66. The first kappa shape index (κ1) is 15.3. The van der Waals surface area contributed by atoms with E-state index >= 15 is 0 Å². The molecule has 2 aliphatic rings. The first-order valence-electron chi connectivity index (χ1n) is 7.76. The van der Waals surface area contributed by atoms with Gasteiger partial charge in [-0.2, -0.15) is 0 Å². The quantitative estimate of drug-likeness (QED) is 0.812. The normalized spacial score (nSPS) is 30.4. The molecule has 0 radical (unpaired) electrons. The van der Waals surface area contributed by atoms with Gasteiger partial charge in [-0.05, 0) is 51.0 Å². The van der Waals surface area contributed by atoms with Gasteiger partial charge in [0.25, 0.3) is 0 Å². The van der Waals surface area contributed by atoms with Crippen molar-refractivity contribution in [2.24, 2.45) is 11.8 Å². The lowest BCUT2D eigenvalue weighted by molar-refractivity contribution is 0.322. The molecule has 112 valence electrons. The second kappa shape index (κ2) is 7.04. The number of sulfonamides is 1. The largest absolute Gasteiger partial charge is 0.314 e. The molecule has 5 heteroatoms. The van der Waals surface area contributed by atoms with E-state index in [1.807, 2.05) is 0 Å². The van der Waals surface area contributed by atoms with E-state index in [1.54, 1.807) is 0 Å². The summed E-state index contributed by atoms with van der Waals surface area (Å²) in [7, 11) is -3.07. The molecular weight excluding hydrogens is 260 g/mol. The Morgan fingerprint density at radius 3 is 2.42 bits per heavy atom. The molecule has 0 spiro atoms. The number of hydrogen-bond acceptors (Lipinski definition) is 3. The van der Waals surface area contributed by atoms with Crippen molar-refractivity contribution in [3.05, 3.63) is 0 Å². The van der Waals surface area contributed by atoms with Gasteiger partial charge in [0.05, 0.1) is 5.75 Å². The third-order valence-electron chi connectivity index (χ3n) is 4.53. The van der Waals surface area contributed by atoms with Gasteiger partial charge in [-0.1, -0.05) is 19.3 Å². The van der Waals surface area contributed by atoms with Crippen molar-refractivity contribution < 1.29 is 8.42 Å². The summed E-state index contributed by atoms with van der Waals surface area (Å²) in [4.78, 5) is 0. The van der Waals surface area contributed by atoms with Crippen LogP contribution in [0.1, 0.15) is 51.9 Å². The van der Waals surface area contributed by atoms with E-state index in [9.17, 15) is 8.42 Å². The fraction of sp³-hybridized carbons (Fsp3) is 1.00. The minimum Gasteiger partial charge on any atom is -0.314 e. The van der Waals surface area contributed by atoms with Gasteiger partial charge in [0, 0.05) is 12.6 Å². The van der Waals surface area contributed by atoms with Crippen molar-refractivity contribution >= 4 is 10.0 Å². The van der Waals surface area contributed by atoms with Crippen LogP contribution in [0.4, 0.5) is 0 Å². The summed E-state index contributed by atoms with van der Waals surface area (Å²) in [6.45, 7) is 3.73. The first-order valence-corrected chi connectivity index (χ1v) is 9.41. The Bertz CT molecular complexity index is 356. The van der Waals surface area contributed by atoms with Crippen molar-refractivity contribution in [1.29, 1.82) is 0 Å². The van der Waals surface area contributed by atoms with Gasteiger partial charge >= 0.3 is 0 Å². The Morgan fingerprint density at radius 1 is 1.05 bits per heavy atom. The van der Waals surface area contributed by atoms with Crippen LogP contribution < -0.4 is 10.0 Å². The molecule has 2 unspecified atom stereocenters. The average Bonchev–Trinajstić information content (AvgIpc) is 2.39. The van der Waals surface area contributed by atoms with Crippen LogP contribution in [0, 0.1) is 11.8 Å². The van der Waals surface area contributed by atoms with Crippen molar-refractivity contribution in [2.45, 2.75) is 57.9 Å². The predicted octanol–water partition coefficient (Wildman–Crippen LogP) is 1.87. The van der Waals surface area contributed by atoms with Crippen molar-refractivity contribution in [3.8, 4) is 0 Å². The van der Waals surface area contributed by atoms with E-state index in [2.05, 4.69) is 17.0 Å². The topological polar surface area (TPSA) is 58.2 Å². The lowest BCUT2D eigenvalue weighted by Crippen LogP contribution is -2.42. The molecule has 0 bridgehead atoms. The molecule has 2 rings (SSSR count). The van der Waals surface area contributed by atoms with Crippen molar-refractivity contribution in [1.82, 2.24) is 10.0 Å². The average molecular weight is 288 g/mol. The predicted molar refractivity (Wildman–Crippen MR) is 78.6 cm³/mol. The van der Waals surface area contributed by atoms with E-state index < -0.39 is 10.0 Å². The summed E-state index contributed by atoms with van der Waals surface area (Å²) >= 11 is 0. The number of piperidine rings is 1. The van der Waals surface area contributed by atoms with Crippen molar-refractivity contribution in [2.75, 3.05) is 18.8 Å². The molecule has 1 saturated heterocycles. The van der Waals surface area contributed by atoms with Crippen LogP contribution in [0.5, 0.6) is 0 Å². The molecule has 2 N–H and O–H groups in total. The Labute approximate surface area is 117 Å². The smallest absolute Gasteiger partial charge is 0.211 e. The molecule has 19 heavy (non-hydrogen) atoms. The van der Waals surface area contributed by atoms with Gasteiger partial charge in [-0.15, -0.1) is 0 Å². The third kappa shape index (κ3) is 5.40. The van der Waals surface area contributed by atoms with E-state index in [-0.39, 0.29) is 0 Å². The van der Waals surface area contributed by atoms with Crippen LogP contribution >= 0.6 is 0 Å². The van der Waals surface area contributed by atoms with Crippen LogP contribution in [0.25, 0.3) is 0 Å². The highest BCUT2D eigenvalue weighted by Crippen LogP contribution is 2.24.